The number of carbonyl (C=O) groups is 1. The van der Waals surface area contributed by atoms with Gasteiger partial charge >= 0.3 is 0 Å². The Morgan fingerprint density at radius 2 is 1.79 bits per heavy atom. The van der Waals surface area contributed by atoms with Crippen LogP contribution in [-0.4, -0.2) is 56.5 Å². The van der Waals surface area contributed by atoms with E-state index >= 15 is 0 Å². The number of hydrogen-bond acceptors (Lipinski definition) is 4. The SMILES string of the molecule is CN(C)CCCN(C)C(=O)COc1ccc(N)cc1. The molecule has 1 aromatic rings. The largest absolute Gasteiger partial charge is 0.484 e. The normalized spacial score (nSPS) is 10.5. The molecule has 0 fully saturated rings. The van der Waals surface area contributed by atoms with Gasteiger partial charge in [0.2, 0.25) is 0 Å². The minimum Gasteiger partial charge on any atom is -0.484 e. The Balaban J connectivity index is 2.28. The van der Waals surface area contributed by atoms with E-state index in [-0.39, 0.29) is 12.5 Å². The molecule has 1 amide bonds. The highest BCUT2D eigenvalue weighted by Gasteiger charge is 2.09. The Hall–Kier alpha value is -1.75. The Bertz CT molecular complexity index is 390. The summed E-state index contributed by atoms with van der Waals surface area (Å²) in [6.45, 7) is 1.76. The van der Waals surface area contributed by atoms with Crippen LogP contribution >= 0.6 is 0 Å². The number of carbonyl (C=O) groups excluding carboxylic acids is 1. The fourth-order valence-corrected chi connectivity index (χ4v) is 1.57. The van der Waals surface area contributed by atoms with Crippen LogP contribution in [0.25, 0.3) is 0 Å². The minimum atomic E-state index is -0.0180. The van der Waals surface area contributed by atoms with Crippen LogP contribution < -0.4 is 10.5 Å². The van der Waals surface area contributed by atoms with Crippen molar-refractivity contribution in [2.45, 2.75) is 6.42 Å². The quantitative estimate of drug-likeness (QED) is 0.749. The molecule has 0 bridgehead atoms. The van der Waals surface area contributed by atoms with E-state index in [4.69, 9.17) is 10.5 Å². The third kappa shape index (κ3) is 6.10. The number of anilines is 1. The minimum absolute atomic E-state index is 0.0180. The summed E-state index contributed by atoms with van der Waals surface area (Å²) >= 11 is 0. The molecule has 0 spiro atoms. The van der Waals surface area contributed by atoms with E-state index in [0.29, 0.717) is 11.4 Å². The van der Waals surface area contributed by atoms with E-state index in [9.17, 15) is 4.79 Å². The van der Waals surface area contributed by atoms with Gasteiger partial charge in [-0.3, -0.25) is 4.79 Å². The van der Waals surface area contributed by atoms with E-state index in [1.54, 1.807) is 36.2 Å². The molecule has 0 heterocycles. The first-order valence-electron chi connectivity index (χ1n) is 6.36. The van der Waals surface area contributed by atoms with Crippen molar-refractivity contribution >= 4 is 11.6 Å². The molecule has 106 valence electrons. The fraction of sp³-hybridized carbons (Fsp3) is 0.500. The maximum absolute atomic E-state index is 11.8. The third-order valence-electron chi connectivity index (χ3n) is 2.77. The van der Waals surface area contributed by atoms with E-state index in [0.717, 1.165) is 19.5 Å². The maximum atomic E-state index is 11.8. The van der Waals surface area contributed by atoms with Gasteiger partial charge in [-0.2, -0.15) is 0 Å². The Labute approximate surface area is 114 Å². The molecule has 0 saturated carbocycles. The van der Waals surface area contributed by atoms with Gasteiger partial charge in [-0.15, -0.1) is 0 Å². The molecule has 19 heavy (non-hydrogen) atoms. The average Bonchev–Trinajstić information content (AvgIpc) is 2.37. The van der Waals surface area contributed by atoms with Crippen LogP contribution in [-0.2, 0) is 4.79 Å². The molecule has 0 saturated heterocycles. The molecule has 0 aliphatic carbocycles. The Kier molecular flexibility index (Phi) is 6.15. The first kappa shape index (κ1) is 15.3. The van der Waals surface area contributed by atoms with Crippen molar-refractivity contribution in [3.05, 3.63) is 24.3 Å². The lowest BCUT2D eigenvalue weighted by molar-refractivity contribution is -0.132. The number of benzene rings is 1. The molecule has 0 aliphatic heterocycles. The number of nitrogens with two attached hydrogens (primary N) is 1. The summed E-state index contributed by atoms with van der Waals surface area (Å²) in [5.74, 6) is 0.639. The molecule has 0 aliphatic rings. The molecule has 0 atom stereocenters. The smallest absolute Gasteiger partial charge is 0.260 e. The van der Waals surface area contributed by atoms with Gasteiger partial charge in [0.1, 0.15) is 5.75 Å². The standard InChI is InChI=1S/C14H23N3O2/c1-16(2)9-4-10-17(3)14(18)11-19-13-7-5-12(15)6-8-13/h5-8H,4,9-11,15H2,1-3H3. The molecule has 5 nitrogen and oxygen atoms in total. The van der Waals surface area contributed by atoms with Crippen LogP contribution in [0, 0.1) is 0 Å². The van der Waals surface area contributed by atoms with Crippen molar-refractivity contribution in [2.75, 3.05) is 46.6 Å². The zero-order valence-electron chi connectivity index (χ0n) is 11.9. The molecular weight excluding hydrogens is 242 g/mol. The molecule has 2 N–H and O–H groups in total. The molecular formula is C14H23N3O2. The van der Waals surface area contributed by atoms with Crippen molar-refractivity contribution in [3.8, 4) is 5.75 Å². The highest BCUT2D eigenvalue weighted by atomic mass is 16.5. The number of hydrogen-bond donors (Lipinski definition) is 1. The summed E-state index contributed by atoms with van der Waals surface area (Å²) in [4.78, 5) is 15.6. The van der Waals surface area contributed by atoms with Gasteiger partial charge in [0.15, 0.2) is 6.61 Å². The van der Waals surface area contributed by atoms with Crippen LogP contribution in [0.5, 0.6) is 5.75 Å². The molecule has 1 aromatic carbocycles. The Morgan fingerprint density at radius 3 is 2.37 bits per heavy atom. The van der Waals surface area contributed by atoms with Gasteiger partial charge in [-0.1, -0.05) is 0 Å². The summed E-state index contributed by atoms with van der Waals surface area (Å²) < 4.78 is 5.41. The summed E-state index contributed by atoms with van der Waals surface area (Å²) in [7, 11) is 5.84. The number of nitrogens with zero attached hydrogens (tertiary/aromatic N) is 2. The van der Waals surface area contributed by atoms with E-state index in [1.807, 2.05) is 14.1 Å². The van der Waals surface area contributed by atoms with Crippen LogP contribution in [0.15, 0.2) is 24.3 Å². The van der Waals surface area contributed by atoms with E-state index in [2.05, 4.69) is 4.90 Å². The summed E-state index contributed by atoms with van der Waals surface area (Å²) in [5.41, 5.74) is 6.26. The van der Waals surface area contributed by atoms with Gasteiger partial charge < -0.3 is 20.3 Å². The van der Waals surface area contributed by atoms with Gasteiger partial charge in [0.05, 0.1) is 0 Å². The predicted molar refractivity (Wildman–Crippen MR) is 77.2 cm³/mol. The first-order chi connectivity index (χ1) is 8.99. The molecule has 0 aromatic heterocycles. The highest BCUT2D eigenvalue weighted by Crippen LogP contribution is 2.12. The highest BCUT2D eigenvalue weighted by molar-refractivity contribution is 5.77. The van der Waals surface area contributed by atoms with E-state index < -0.39 is 0 Å². The second kappa shape index (κ2) is 7.63. The average molecular weight is 265 g/mol. The number of amides is 1. The van der Waals surface area contributed by atoms with Crippen LogP contribution in [0.4, 0.5) is 5.69 Å². The predicted octanol–water partition coefficient (Wildman–Crippen LogP) is 1.06. The lowest BCUT2D eigenvalue weighted by Crippen LogP contribution is -2.33. The number of nitrogen functional groups attached to an aromatic ring is 1. The molecule has 5 heteroatoms. The summed E-state index contributed by atoms with van der Waals surface area (Å²) in [6.07, 6.45) is 0.955. The van der Waals surface area contributed by atoms with Crippen LogP contribution in [0.2, 0.25) is 0 Å². The summed E-state index contributed by atoms with van der Waals surface area (Å²) in [5, 5.41) is 0. The van der Waals surface area contributed by atoms with Gasteiger partial charge in [0.25, 0.3) is 5.91 Å². The summed E-state index contributed by atoms with van der Waals surface area (Å²) in [6, 6.07) is 7.02. The van der Waals surface area contributed by atoms with Crippen LogP contribution in [0.3, 0.4) is 0 Å². The van der Waals surface area contributed by atoms with Crippen molar-refractivity contribution < 1.29 is 9.53 Å². The topological polar surface area (TPSA) is 58.8 Å². The lowest BCUT2D eigenvalue weighted by atomic mass is 10.3. The maximum Gasteiger partial charge on any atom is 0.260 e. The zero-order chi connectivity index (χ0) is 14.3. The number of rotatable bonds is 7. The monoisotopic (exact) mass is 265 g/mol. The van der Waals surface area contributed by atoms with Gasteiger partial charge in [-0.25, -0.2) is 0 Å². The molecule has 0 radical (unpaired) electrons. The molecule has 0 unspecified atom stereocenters. The zero-order valence-corrected chi connectivity index (χ0v) is 11.9. The van der Waals surface area contributed by atoms with E-state index in [1.165, 1.54) is 0 Å². The first-order valence-corrected chi connectivity index (χ1v) is 6.36. The second-order valence-corrected chi connectivity index (χ2v) is 4.83. The fourth-order valence-electron chi connectivity index (χ4n) is 1.57. The third-order valence-corrected chi connectivity index (χ3v) is 2.77. The second-order valence-electron chi connectivity index (χ2n) is 4.83. The van der Waals surface area contributed by atoms with Gasteiger partial charge in [0, 0.05) is 19.3 Å². The number of ether oxygens (including phenoxy) is 1. The van der Waals surface area contributed by atoms with Gasteiger partial charge in [-0.05, 0) is 51.3 Å². The van der Waals surface area contributed by atoms with Crippen LogP contribution in [0.1, 0.15) is 6.42 Å². The van der Waals surface area contributed by atoms with Crippen molar-refractivity contribution in [1.29, 1.82) is 0 Å². The lowest BCUT2D eigenvalue weighted by Gasteiger charge is -2.18. The number of likely N-dealkylation sites (N-methyl/N-ethyl adjacent to an activating group) is 1. The Morgan fingerprint density at radius 1 is 1.16 bits per heavy atom. The van der Waals surface area contributed by atoms with Crippen molar-refractivity contribution in [1.82, 2.24) is 9.80 Å². The van der Waals surface area contributed by atoms with Crippen molar-refractivity contribution in [2.24, 2.45) is 0 Å². The van der Waals surface area contributed by atoms with Crippen molar-refractivity contribution in [3.63, 3.8) is 0 Å². The molecule has 1 rings (SSSR count).